The van der Waals surface area contributed by atoms with Gasteiger partial charge in [0, 0.05) is 0 Å². The predicted octanol–water partition coefficient (Wildman–Crippen LogP) is 3.35. The fourth-order valence-electron chi connectivity index (χ4n) is 3.01. The van der Waals surface area contributed by atoms with Crippen LogP contribution in [0.15, 0.2) is 42.5 Å². The number of carbonyl (C=O) groups excluding carboxylic acids is 1. The molecule has 0 spiro atoms. The Bertz CT molecular complexity index is 904. The van der Waals surface area contributed by atoms with Gasteiger partial charge in [0.25, 0.3) is 0 Å². The molecule has 0 aromatic heterocycles. The van der Waals surface area contributed by atoms with Gasteiger partial charge in [0.15, 0.2) is 0 Å². The van der Waals surface area contributed by atoms with Gasteiger partial charge in [-0.05, 0) is 68.7 Å². The first-order valence-electron chi connectivity index (χ1n) is 9.18. The van der Waals surface area contributed by atoms with Crippen molar-refractivity contribution in [3.8, 4) is 5.75 Å². The minimum Gasteiger partial charge on any atom is -0.494 e. The summed E-state index contributed by atoms with van der Waals surface area (Å²) >= 11 is 0. The molecule has 0 radical (unpaired) electrons. The van der Waals surface area contributed by atoms with Gasteiger partial charge in [0.2, 0.25) is 15.9 Å². The fraction of sp³-hybridized carbons (Fsp3) is 0.381. The number of amides is 1. The summed E-state index contributed by atoms with van der Waals surface area (Å²) in [5.74, 6) is 0.397. The standard InChI is InChI=1S/C21H28N2O4S/c1-6-27-20-9-7-18(8-10-20)17(4)22-21(24)14-23(28(5,25)26)19-12-15(2)11-16(3)13-19/h7-13,17H,6,14H2,1-5H3,(H,22,24). The average molecular weight is 405 g/mol. The van der Waals surface area contributed by atoms with Crippen LogP contribution in [0.2, 0.25) is 0 Å². The van der Waals surface area contributed by atoms with Crippen molar-refractivity contribution in [2.24, 2.45) is 0 Å². The number of carbonyl (C=O) groups is 1. The molecule has 28 heavy (non-hydrogen) atoms. The van der Waals surface area contributed by atoms with Crippen LogP contribution in [0.1, 0.15) is 36.6 Å². The van der Waals surface area contributed by atoms with E-state index in [0.717, 1.165) is 33.0 Å². The van der Waals surface area contributed by atoms with Gasteiger partial charge in [-0.2, -0.15) is 0 Å². The molecule has 0 aliphatic rings. The highest BCUT2D eigenvalue weighted by Crippen LogP contribution is 2.22. The number of nitrogens with zero attached hydrogens (tertiary/aromatic N) is 1. The van der Waals surface area contributed by atoms with Crippen LogP contribution in [0, 0.1) is 13.8 Å². The largest absolute Gasteiger partial charge is 0.494 e. The van der Waals surface area contributed by atoms with Crippen LogP contribution in [0.25, 0.3) is 0 Å². The maximum absolute atomic E-state index is 12.6. The highest BCUT2D eigenvalue weighted by Gasteiger charge is 2.22. The lowest BCUT2D eigenvalue weighted by molar-refractivity contribution is -0.120. The number of aryl methyl sites for hydroxylation is 2. The van der Waals surface area contributed by atoms with Crippen LogP contribution in [0.5, 0.6) is 5.75 Å². The number of nitrogens with one attached hydrogen (secondary N) is 1. The number of hydrogen-bond donors (Lipinski definition) is 1. The van der Waals surface area contributed by atoms with Crippen molar-refractivity contribution >= 4 is 21.6 Å². The summed E-state index contributed by atoms with van der Waals surface area (Å²) in [6, 6.07) is 12.7. The molecule has 0 aliphatic heterocycles. The summed E-state index contributed by atoms with van der Waals surface area (Å²) in [5.41, 5.74) is 3.27. The Labute approximate surface area is 167 Å². The van der Waals surface area contributed by atoms with E-state index in [1.54, 1.807) is 12.1 Å². The highest BCUT2D eigenvalue weighted by atomic mass is 32.2. The maximum Gasteiger partial charge on any atom is 0.241 e. The number of rotatable bonds is 8. The van der Waals surface area contributed by atoms with Gasteiger partial charge in [-0.15, -0.1) is 0 Å². The van der Waals surface area contributed by atoms with Crippen molar-refractivity contribution in [1.29, 1.82) is 0 Å². The zero-order chi connectivity index (χ0) is 20.9. The van der Waals surface area contributed by atoms with Crippen molar-refractivity contribution in [3.63, 3.8) is 0 Å². The van der Waals surface area contributed by atoms with E-state index in [9.17, 15) is 13.2 Å². The van der Waals surface area contributed by atoms with Gasteiger partial charge in [-0.1, -0.05) is 18.2 Å². The quantitative estimate of drug-likeness (QED) is 0.732. The summed E-state index contributed by atoms with van der Waals surface area (Å²) in [4.78, 5) is 12.6. The number of hydrogen-bond acceptors (Lipinski definition) is 4. The number of anilines is 1. The van der Waals surface area contributed by atoms with Gasteiger partial charge in [-0.3, -0.25) is 9.10 Å². The molecule has 0 saturated carbocycles. The zero-order valence-corrected chi connectivity index (χ0v) is 17.8. The molecule has 0 saturated heterocycles. The summed E-state index contributed by atoms with van der Waals surface area (Å²) in [5, 5.41) is 2.86. The van der Waals surface area contributed by atoms with E-state index in [0.29, 0.717) is 12.3 Å². The summed E-state index contributed by atoms with van der Waals surface area (Å²) in [6.07, 6.45) is 1.10. The second kappa shape index (κ2) is 9.10. The summed E-state index contributed by atoms with van der Waals surface area (Å²) in [6.45, 7) is 7.87. The van der Waals surface area contributed by atoms with Crippen LogP contribution >= 0.6 is 0 Å². The molecular weight excluding hydrogens is 376 g/mol. The van der Waals surface area contributed by atoms with Crippen molar-refractivity contribution in [3.05, 3.63) is 59.2 Å². The van der Waals surface area contributed by atoms with E-state index in [2.05, 4.69) is 5.32 Å². The molecule has 0 aliphatic carbocycles. The van der Waals surface area contributed by atoms with Crippen molar-refractivity contribution in [2.75, 3.05) is 23.7 Å². The van der Waals surface area contributed by atoms with E-state index in [1.807, 2.05) is 58.0 Å². The molecule has 6 nitrogen and oxygen atoms in total. The van der Waals surface area contributed by atoms with E-state index in [1.165, 1.54) is 0 Å². The zero-order valence-electron chi connectivity index (χ0n) is 17.0. The molecular formula is C21H28N2O4S. The summed E-state index contributed by atoms with van der Waals surface area (Å²) in [7, 11) is -3.60. The van der Waals surface area contributed by atoms with E-state index in [4.69, 9.17) is 4.74 Å². The summed E-state index contributed by atoms with van der Waals surface area (Å²) < 4.78 is 31.1. The monoisotopic (exact) mass is 404 g/mol. The first-order chi connectivity index (χ1) is 13.1. The minimum atomic E-state index is -3.60. The molecule has 2 aromatic carbocycles. The van der Waals surface area contributed by atoms with Crippen LogP contribution in [-0.2, 0) is 14.8 Å². The molecule has 1 N–H and O–H groups in total. The Balaban J connectivity index is 2.13. The lowest BCUT2D eigenvalue weighted by Crippen LogP contribution is -2.41. The van der Waals surface area contributed by atoms with Crippen molar-refractivity contribution < 1.29 is 17.9 Å². The Morgan fingerprint density at radius 3 is 2.18 bits per heavy atom. The molecule has 2 aromatic rings. The molecule has 2 rings (SSSR count). The minimum absolute atomic E-state index is 0.260. The van der Waals surface area contributed by atoms with Crippen molar-refractivity contribution in [2.45, 2.75) is 33.7 Å². The molecule has 1 amide bonds. The first kappa shape index (κ1) is 21.8. The lowest BCUT2D eigenvalue weighted by Gasteiger charge is -2.24. The third-order valence-electron chi connectivity index (χ3n) is 4.25. The molecule has 152 valence electrons. The molecule has 1 unspecified atom stereocenters. The Hall–Kier alpha value is -2.54. The smallest absolute Gasteiger partial charge is 0.241 e. The maximum atomic E-state index is 12.6. The lowest BCUT2D eigenvalue weighted by atomic mass is 10.1. The number of benzene rings is 2. The third-order valence-corrected chi connectivity index (χ3v) is 5.39. The third kappa shape index (κ3) is 5.99. The van der Waals surface area contributed by atoms with E-state index >= 15 is 0 Å². The molecule has 0 bridgehead atoms. The second-order valence-electron chi connectivity index (χ2n) is 6.91. The Morgan fingerprint density at radius 2 is 1.68 bits per heavy atom. The Kier molecular flexibility index (Phi) is 7.07. The van der Waals surface area contributed by atoms with Gasteiger partial charge < -0.3 is 10.1 Å². The topological polar surface area (TPSA) is 75.7 Å². The number of sulfonamides is 1. The van der Waals surface area contributed by atoms with Gasteiger partial charge in [0.1, 0.15) is 12.3 Å². The van der Waals surface area contributed by atoms with Gasteiger partial charge in [0.05, 0.1) is 24.6 Å². The SMILES string of the molecule is CCOc1ccc(C(C)NC(=O)CN(c2cc(C)cc(C)c2)S(C)(=O)=O)cc1. The van der Waals surface area contributed by atoms with Crippen LogP contribution in [0.3, 0.4) is 0 Å². The van der Waals surface area contributed by atoms with Crippen LogP contribution in [-0.4, -0.2) is 33.7 Å². The predicted molar refractivity (Wildman–Crippen MR) is 112 cm³/mol. The molecule has 0 fully saturated rings. The Morgan fingerprint density at radius 1 is 1.11 bits per heavy atom. The second-order valence-corrected chi connectivity index (χ2v) is 8.81. The molecule has 0 heterocycles. The van der Waals surface area contributed by atoms with Crippen LogP contribution < -0.4 is 14.4 Å². The van der Waals surface area contributed by atoms with E-state index < -0.39 is 10.0 Å². The highest BCUT2D eigenvalue weighted by molar-refractivity contribution is 7.92. The first-order valence-corrected chi connectivity index (χ1v) is 11.0. The fourth-order valence-corrected chi connectivity index (χ4v) is 3.86. The molecule has 1 atom stereocenters. The van der Waals surface area contributed by atoms with Gasteiger partial charge >= 0.3 is 0 Å². The average Bonchev–Trinajstić information content (AvgIpc) is 2.58. The molecule has 7 heteroatoms. The number of ether oxygens (including phenoxy) is 1. The van der Waals surface area contributed by atoms with Crippen molar-refractivity contribution in [1.82, 2.24) is 5.32 Å². The van der Waals surface area contributed by atoms with Crippen LogP contribution in [0.4, 0.5) is 5.69 Å². The van der Waals surface area contributed by atoms with Gasteiger partial charge in [-0.25, -0.2) is 8.42 Å². The normalized spacial score (nSPS) is 12.3. The van der Waals surface area contributed by atoms with E-state index in [-0.39, 0.29) is 18.5 Å².